The van der Waals surface area contributed by atoms with Crippen molar-refractivity contribution >= 4 is 23.4 Å². The first kappa shape index (κ1) is 18.4. The number of anilines is 1. The molecule has 1 amide bonds. The van der Waals surface area contributed by atoms with Gasteiger partial charge >= 0.3 is 0 Å². The number of halogens is 2. The van der Waals surface area contributed by atoms with E-state index in [-0.39, 0.29) is 30.2 Å². The van der Waals surface area contributed by atoms with Crippen molar-refractivity contribution in [2.24, 2.45) is 0 Å². The summed E-state index contributed by atoms with van der Waals surface area (Å²) < 4.78 is 18.9. The molecule has 0 aliphatic heterocycles. The topological polar surface area (TPSA) is 58.4 Å². The number of amides is 1. The van der Waals surface area contributed by atoms with E-state index < -0.39 is 0 Å². The monoisotopic (exact) mass is 353 g/mol. The molecule has 0 fully saturated rings. The maximum Gasteiger partial charge on any atom is 0.240 e. The van der Waals surface area contributed by atoms with Gasteiger partial charge in [0.05, 0.1) is 12.2 Å². The molecule has 1 aromatic carbocycles. The third-order valence-electron chi connectivity index (χ3n) is 3.44. The highest BCUT2D eigenvalue weighted by Crippen LogP contribution is 2.24. The zero-order valence-corrected chi connectivity index (χ0v) is 14.9. The first-order valence-corrected chi connectivity index (χ1v) is 7.93. The normalized spacial score (nSPS) is 11.8. The summed E-state index contributed by atoms with van der Waals surface area (Å²) in [5.74, 6) is -0.372. The fraction of sp³-hybridized carbons (Fsp3) is 0.412. The fourth-order valence-corrected chi connectivity index (χ4v) is 2.34. The Labute approximate surface area is 145 Å². The summed E-state index contributed by atoms with van der Waals surface area (Å²) in [6.45, 7) is 6.30. The van der Waals surface area contributed by atoms with Crippen molar-refractivity contribution in [2.45, 2.75) is 32.7 Å². The summed E-state index contributed by atoms with van der Waals surface area (Å²) in [4.78, 5) is 13.7. The van der Waals surface area contributed by atoms with E-state index in [1.54, 1.807) is 30.1 Å². The van der Waals surface area contributed by atoms with Gasteiger partial charge in [-0.3, -0.25) is 15.0 Å². The van der Waals surface area contributed by atoms with Gasteiger partial charge in [-0.2, -0.15) is 0 Å². The number of aromatic nitrogens is 1. The lowest BCUT2D eigenvalue weighted by atomic mass is 9.92. The predicted molar refractivity (Wildman–Crippen MR) is 91.6 cm³/mol. The van der Waals surface area contributed by atoms with E-state index in [4.69, 9.17) is 16.1 Å². The Morgan fingerprint density at radius 3 is 2.71 bits per heavy atom. The molecule has 7 heteroatoms. The zero-order valence-electron chi connectivity index (χ0n) is 14.2. The van der Waals surface area contributed by atoms with Gasteiger partial charge in [0, 0.05) is 28.6 Å². The second kappa shape index (κ2) is 7.32. The van der Waals surface area contributed by atoms with Gasteiger partial charge in [-0.05, 0) is 19.2 Å². The van der Waals surface area contributed by atoms with Crippen molar-refractivity contribution < 1.29 is 13.7 Å². The molecule has 0 aliphatic carbocycles. The van der Waals surface area contributed by atoms with Gasteiger partial charge in [-0.25, -0.2) is 4.39 Å². The van der Waals surface area contributed by atoms with Crippen LogP contribution in [-0.4, -0.2) is 29.6 Å². The average Bonchev–Trinajstić information content (AvgIpc) is 2.91. The summed E-state index contributed by atoms with van der Waals surface area (Å²) in [5.41, 5.74) is 0.957. The molecule has 1 N–H and O–H groups in total. The summed E-state index contributed by atoms with van der Waals surface area (Å²) in [7, 11) is 1.71. The maximum atomic E-state index is 13.8. The van der Waals surface area contributed by atoms with Crippen molar-refractivity contribution in [1.82, 2.24) is 10.1 Å². The largest absolute Gasteiger partial charge is 0.338 e. The predicted octanol–water partition coefficient (Wildman–Crippen LogP) is 3.84. The first-order valence-electron chi connectivity index (χ1n) is 7.55. The molecule has 2 rings (SSSR count). The van der Waals surface area contributed by atoms with E-state index in [9.17, 15) is 9.18 Å². The molecule has 0 unspecified atom stereocenters. The van der Waals surface area contributed by atoms with E-state index in [1.165, 1.54) is 6.07 Å². The number of rotatable bonds is 5. The molecule has 1 aromatic heterocycles. The molecule has 0 radical (unpaired) electrons. The molecule has 0 saturated carbocycles. The van der Waals surface area contributed by atoms with E-state index in [0.717, 1.165) is 5.69 Å². The Hall–Kier alpha value is -1.92. The minimum absolute atomic E-state index is 0.0657. The van der Waals surface area contributed by atoms with Crippen LogP contribution in [0.3, 0.4) is 0 Å². The summed E-state index contributed by atoms with van der Waals surface area (Å²) in [6, 6.07) is 6.21. The first-order chi connectivity index (χ1) is 11.2. The van der Waals surface area contributed by atoms with Crippen LogP contribution in [0.15, 0.2) is 28.8 Å². The second-order valence-corrected chi connectivity index (χ2v) is 7.15. The lowest BCUT2D eigenvalue weighted by Crippen LogP contribution is -2.30. The second-order valence-electron chi connectivity index (χ2n) is 6.75. The van der Waals surface area contributed by atoms with Gasteiger partial charge in [0.2, 0.25) is 11.8 Å². The van der Waals surface area contributed by atoms with Gasteiger partial charge in [0.15, 0.2) is 0 Å². The molecular weight excluding hydrogens is 333 g/mol. The van der Waals surface area contributed by atoms with Gasteiger partial charge in [0.25, 0.3) is 0 Å². The highest BCUT2D eigenvalue weighted by atomic mass is 35.5. The van der Waals surface area contributed by atoms with Gasteiger partial charge in [-0.15, -0.1) is 0 Å². The Balaban J connectivity index is 1.93. The highest BCUT2D eigenvalue weighted by Gasteiger charge is 2.20. The van der Waals surface area contributed by atoms with E-state index in [2.05, 4.69) is 10.5 Å². The molecule has 1 heterocycles. The smallest absolute Gasteiger partial charge is 0.240 e. The van der Waals surface area contributed by atoms with Crippen LogP contribution in [0.1, 0.15) is 32.0 Å². The standard InChI is InChI=1S/C17H21ClFN3O2/c1-17(2,3)14-8-16(24-21-14)20-15(23)10-22(4)9-11-12(18)6-5-7-13(11)19/h5-8H,9-10H2,1-4H3,(H,20,23). The molecule has 0 saturated heterocycles. The third kappa shape index (κ3) is 4.79. The van der Waals surface area contributed by atoms with Crippen LogP contribution >= 0.6 is 11.6 Å². The number of carbonyl (C=O) groups excluding carboxylic acids is 1. The number of carbonyl (C=O) groups is 1. The van der Waals surface area contributed by atoms with E-state index in [1.807, 2.05) is 20.8 Å². The Kier molecular flexibility index (Phi) is 5.62. The molecule has 24 heavy (non-hydrogen) atoms. The highest BCUT2D eigenvalue weighted by molar-refractivity contribution is 6.31. The Bertz CT molecular complexity index is 705. The fourth-order valence-electron chi connectivity index (χ4n) is 2.12. The Morgan fingerprint density at radius 2 is 2.12 bits per heavy atom. The summed E-state index contributed by atoms with van der Waals surface area (Å²) >= 11 is 5.99. The van der Waals surface area contributed by atoms with Crippen LogP contribution in [-0.2, 0) is 16.8 Å². The molecule has 0 atom stereocenters. The van der Waals surface area contributed by atoms with Crippen LogP contribution in [0.2, 0.25) is 5.02 Å². The van der Waals surface area contributed by atoms with Gasteiger partial charge in [0.1, 0.15) is 5.82 Å². The lowest BCUT2D eigenvalue weighted by molar-refractivity contribution is -0.117. The van der Waals surface area contributed by atoms with Crippen molar-refractivity contribution in [3.8, 4) is 0 Å². The Morgan fingerprint density at radius 1 is 1.42 bits per heavy atom. The van der Waals surface area contributed by atoms with Gasteiger partial charge < -0.3 is 4.52 Å². The van der Waals surface area contributed by atoms with E-state index >= 15 is 0 Å². The molecular formula is C17H21ClFN3O2. The molecule has 130 valence electrons. The van der Waals surface area contributed by atoms with Crippen LogP contribution in [0.5, 0.6) is 0 Å². The number of likely N-dealkylation sites (N-methyl/N-ethyl adjacent to an activating group) is 1. The molecule has 2 aromatic rings. The minimum Gasteiger partial charge on any atom is -0.338 e. The molecule has 0 aliphatic rings. The van der Waals surface area contributed by atoms with Crippen LogP contribution in [0.25, 0.3) is 0 Å². The lowest BCUT2D eigenvalue weighted by Gasteiger charge is -2.17. The van der Waals surface area contributed by atoms with Crippen LogP contribution < -0.4 is 5.32 Å². The number of nitrogens with zero attached hydrogens (tertiary/aromatic N) is 2. The quantitative estimate of drug-likeness (QED) is 0.887. The zero-order chi connectivity index (χ0) is 17.9. The number of hydrogen-bond donors (Lipinski definition) is 1. The van der Waals surface area contributed by atoms with Crippen LogP contribution in [0.4, 0.5) is 10.3 Å². The summed E-state index contributed by atoms with van der Waals surface area (Å²) in [6.07, 6.45) is 0. The molecule has 0 spiro atoms. The van der Waals surface area contributed by atoms with Crippen molar-refractivity contribution in [3.63, 3.8) is 0 Å². The third-order valence-corrected chi connectivity index (χ3v) is 3.80. The maximum absolute atomic E-state index is 13.8. The SMILES string of the molecule is CN(CC(=O)Nc1cc(C(C)(C)C)no1)Cc1c(F)cccc1Cl. The number of benzene rings is 1. The molecule has 5 nitrogen and oxygen atoms in total. The number of nitrogens with one attached hydrogen (secondary N) is 1. The van der Waals surface area contributed by atoms with Crippen molar-refractivity contribution in [3.05, 3.63) is 46.4 Å². The summed E-state index contributed by atoms with van der Waals surface area (Å²) in [5, 5.41) is 6.92. The molecule has 0 bridgehead atoms. The number of hydrogen-bond acceptors (Lipinski definition) is 4. The van der Waals surface area contributed by atoms with Crippen molar-refractivity contribution in [2.75, 3.05) is 18.9 Å². The van der Waals surface area contributed by atoms with Crippen molar-refractivity contribution in [1.29, 1.82) is 0 Å². The minimum atomic E-state index is -0.389. The average molecular weight is 354 g/mol. The van der Waals surface area contributed by atoms with Gasteiger partial charge in [-0.1, -0.05) is 43.6 Å². The van der Waals surface area contributed by atoms with Crippen LogP contribution in [0, 0.1) is 5.82 Å². The van der Waals surface area contributed by atoms with E-state index in [0.29, 0.717) is 16.5 Å².